The Morgan fingerprint density at radius 3 is 2.41 bits per heavy atom. The van der Waals surface area contributed by atoms with E-state index in [1.54, 1.807) is 17.0 Å². The Morgan fingerprint density at radius 1 is 1.00 bits per heavy atom. The van der Waals surface area contributed by atoms with Crippen molar-refractivity contribution in [2.24, 2.45) is 5.92 Å². The first kappa shape index (κ1) is 22.7. The molecule has 174 valence electrons. The molecule has 0 saturated carbocycles. The van der Waals surface area contributed by atoms with Gasteiger partial charge in [0.25, 0.3) is 5.91 Å². The smallest absolute Gasteiger partial charge is 0.253 e. The van der Waals surface area contributed by atoms with Crippen molar-refractivity contribution in [2.75, 3.05) is 59.0 Å². The van der Waals surface area contributed by atoms with Crippen molar-refractivity contribution in [3.63, 3.8) is 0 Å². The van der Waals surface area contributed by atoms with Gasteiger partial charge in [-0.2, -0.15) is 4.31 Å². The van der Waals surface area contributed by atoms with Gasteiger partial charge in [-0.05, 0) is 31.0 Å². The average Bonchev–Trinajstić information content (AvgIpc) is 2.84. The number of hydrogen-bond donors (Lipinski definition) is 1. The number of sulfonamides is 1. The summed E-state index contributed by atoms with van der Waals surface area (Å²) in [6, 6.07) is 5.94. The normalized spacial score (nSPS) is 21.3. The predicted molar refractivity (Wildman–Crippen MR) is 114 cm³/mol. The number of carbonyl (C=O) groups is 3. The van der Waals surface area contributed by atoms with E-state index < -0.39 is 10.0 Å². The monoisotopic (exact) mass is 464 g/mol. The first-order chi connectivity index (χ1) is 15.4. The van der Waals surface area contributed by atoms with E-state index in [1.807, 2.05) is 4.90 Å². The van der Waals surface area contributed by atoms with E-state index in [0.717, 1.165) is 4.31 Å². The number of carbonyl (C=O) groups excluding carboxylic acids is 3. The van der Waals surface area contributed by atoms with Crippen LogP contribution in [-0.2, 0) is 24.3 Å². The van der Waals surface area contributed by atoms with Gasteiger partial charge < -0.3 is 19.9 Å². The van der Waals surface area contributed by atoms with Crippen LogP contribution >= 0.6 is 0 Å². The maximum atomic E-state index is 13.0. The molecule has 0 aliphatic carbocycles. The van der Waals surface area contributed by atoms with Gasteiger partial charge in [-0.1, -0.05) is 6.07 Å². The van der Waals surface area contributed by atoms with E-state index in [9.17, 15) is 22.8 Å². The molecule has 3 heterocycles. The minimum atomic E-state index is -3.87. The Labute approximate surface area is 187 Å². The van der Waals surface area contributed by atoms with Crippen molar-refractivity contribution in [2.45, 2.75) is 17.7 Å². The molecule has 3 amide bonds. The third kappa shape index (κ3) is 4.79. The molecule has 1 aromatic rings. The molecule has 1 aromatic carbocycles. The fraction of sp³-hybridized carbons (Fsp3) is 0.571. The molecule has 3 aliphatic heterocycles. The highest BCUT2D eigenvalue weighted by atomic mass is 32.2. The van der Waals surface area contributed by atoms with Crippen LogP contribution in [0.3, 0.4) is 0 Å². The molecule has 32 heavy (non-hydrogen) atoms. The van der Waals surface area contributed by atoms with Crippen LogP contribution in [0.15, 0.2) is 29.2 Å². The van der Waals surface area contributed by atoms with E-state index in [-0.39, 0.29) is 53.7 Å². The molecule has 3 aliphatic rings. The molecule has 0 unspecified atom stereocenters. The fourth-order valence-electron chi connectivity index (χ4n) is 4.31. The number of piperazine rings is 1. The topological polar surface area (TPSA) is 116 Å². The summed E-state index contributed by atoms with van der Waals surface area (Å²) in [5.74, 6) is -0.578. The third-order valence-electron chi connectivity index (χ3n) is 6.18. The van der Waals surface area contributed by atoms with Gasteiger partial charge in [-0.15, -0.1) is 0 Å². The van der Waals surface area contributed by atoms with E-state index in [0.29, 0.717) is 52.2 Å². The van der Waals surface area contributed by atoms with Crippen molar-refractivity contribution in [1.82, 2.24) is 19.4 Å². The quantitative estimate of drug-likeness (QED) is 0.643. The zero-order valence-electron chi connectivity index (χ0n) is 17.9. The maximum Gasteiger partial charge on any atom is 0.253 e. The summed E-state index contributed by atoms with van der Waals surface area (Å²) < 4.78 is 32.3. The lowest BCUT2D eigenvalue weighted by Gasteiger charge is -2.35. The van der Waals surface area contributed by atoms with Crippen molar-refractivity contribution in [3.8, 4) is 0 Å². The van der Waals surface area contributed by atoms with Gasteiger partial charge in [0.15, 0.2) is 0 Å². The number of hydrogen-bond acceptors (Lipinski definition) is 6. The summed E-state index contributed by atoms with van der Waals surface area (Å²) >= 11 is 0. The summed E-state index contributed by atoms with van der Waals surface area (Å²) in [7, 11) is -3.87. The number of benzene rings is 1. The van der Waals surface area contributed by atoms with Crippen LogP contribution in [0.4, 0.5) is 0 Å². The molecule has 1 N–H and O–H groups in total. The maximum absolute atomic E-state index is 13.0. The predicted octanol–water partition coefficient (Wildman–Crippen LogP) is -0.482. The number of rotatable bonds is 4. The molecule has 0 bridgehead atoms. The van der Waals surface area contributed by atoms with Crippen LogP contribution in [-0.4, -0.2) is 99.3 Å². The van der Waals surface area contributed by atoms with Crippen LogP contribution in [0.1, 0.15) is 23.2 Å². The van der Waals surface area contributed by atoms with Crippen molar-refractivity contribution in [1.29, 1.82) is 0 Å². The number of likely N-dealkylation sites (tertiary alicyclic amines) is 1. The fourth-order valence-corrected chi connectivity index (χ4v) is 5.76. The lowest BCUT2D eigenvalue weighted by atomic mass is 9.94. The first-order valence-electron chi connectivity index (χ1n) is 10.9. The second-order valence-electron chi connectivity index (χ2n) is 8.22. The van der Waals surface area contributed by atoms with Gasteiger partial charge in [-0.3, -0.25) is 14.4 Å². The Bertz CT molecular complexity index is 984. The minimum absolute atomic E-state index is 0.00423. The van der Waals surface area contributed by atoms with Crippen LogP contribution in [0, 0.1) is 5.92 Å². The standard InChI is InChI=1S/C21H28N4O6S/c26-19-15-25(9-6-22-19)32(29,30)18-3-1-2-17(14-18)21(28)23-7-4-16(5-8-23)20(27)24-10-12-31-13-11-24/h1-3,14,16H,4-13,15H2,(H,22,26). The Balaban J connectivity index is 1.40. The highest BCUT2D eigenvalue weighted by molar-refractivity contribution is 7.89. The molecule has 11 heteroatoms. The first-order valence-corrected chi connectivity index (χ1v) is 12.3. The molecule has 0 aromatic heterocycles. The van der Waals surface area contributed by atoms with Gasteiger partial charge in [0.05, 0.1) is 24.7 Å². The molecule has 10 nitrogen and oxygen atoms in total. The number of nitrogens with one attached hydrogen (secondary N) is 1. The molecular weight excluding hydrogens is 436 g/mol. The highest BCUT2D eigenvalue weighted by Crippen LogP contribution is 2.23. The SMILES string of the molecule is O=C1CN(S(=O)(=O)c2cccc(C(=O)N3CCC(C(=O)N4CCOCC4)CC3)c2)CCN1. The summed E-state index contributed by atoms with van der Waals surface area (Å²) in [4.78, 5) is 40.8. The molecule has 0 spiro atoms. The second-order valence-corrected chi connectivity index (χ2v) is 10.2. The Hall–Kier alpha value is -2.50. The number of morpholine rings is 1. The summed E-state index contributed by atoms with van der Waals surface area (Å²) in [5, 5.41) is 2.60. The number of ether oxygens (including phenoxy) is 1. The van der Waals surface area contributed by atoms with E-state index in [4.69, 9.17) is 4.74 Å². The van der Waals surface area contributed by atoms with Crippen molar-refractivity contribution < 1.29 is 27.5 Å². The van der Waals surface area contributed by atoms with Gasteiger partial charge in [0, 0.05) is 50.7 Å². The number of amides is 3. The van der Waals surface area contributed by atoms with Crippen LogP contribution in [0.5, 0.6) is 0 Å². The average molecular weight is 465 g/mol. The van der Waals surface area contributed by atoms with Gasteiger partial charge in [-0.25, -0.2) is 8.42 Å². The summed E-state index contributed by atoms with van der Waals surface area (Å²) in [5.41, 5.74) is 0.283. The number of piperidine rings is 1. The van der Waals surface area contributed by atoms with Crippen LogP contribution in [0.2, 0.25) is 0 Å². The summed E-state index contributed by atoms with van der Waals surface area (Å²) in [6.07, 6.45) is 1.17. The Kier molecular flexibility index (Phi) is 6.77. The zero-order valence-corrected chi connectivity index (χ0v) is 18.7. The summed E-state index contributed by atoms with van der Waals surface area (Å²) in [6.45, 7) is 3.45. The third-order valence-corrected chi connectivity index (χ3v) is 8.02. The molecule has 0 radical (unpaired) electrons. The Morgan fingerprint density at radius 2 is 1.72 bits per heavy atom. The van der Waals surface area contributed by atoms with E-state index >= 15 is 0 Å². The van der Waals surface area contributed by atoms with Crippen molar-refractivity contribution >= 4 is 27.7 Å². The minimum Gasteiger partial charge on any atom is -0.378 e. The van der Waals surface area contributed by atoms with Crippen LogP contribution < -0.4 is 5.32 Å². The van der Waals surface area contributed by atoms with E-state index in [1.165, 1.54) is 12.1 Å². The number of nitrogens with zero attached hydrogens (tertiary/aromatic N) is 3. The molecular formula is C21H28N4O6S. The lowest BCUT2D eigenvalue weighted by molar-refractivity contribution is -0.141. The highest BCUT2D eigenvalue weighted by Gasteiger charge is 2.33. The largest absolute Gasteiger partial charge is 0.378 e. The van der Waals surface area contributed by atoms with Gasteiger partial charge in [0.2, 0.25) is 21.8 Å². The zero-order chi connectivity index (χ0) is 22.7. The lowest BCUT2D eigenvalue weighted by Crippen LogP contribution is -2.49. The molecule has 4 rings (SSSR count). The van der Waals surface area contributed by atoms with Gasteiger partial charge >= 0.3 is 0 Å². The van der Waals surface area contributed by atoms with Gasteiger partial charge in [0.1, 0.15) is 0 Å². The molecule has 3 saturated heterocycles. The second kappa shape index (κ2) is 9.55. The molecule has 3 fully saturated rings. The van der Waals surface area contributed by atoms with Crippen LogP contribution in [0.25, 0.3) is 0 Å². The molecule has 0 atom stereocenters. The van der Waals surface area contributed by atoms with E-state index in [2.05, 4.69) is 5.32 Å². The van der Waals surface area contributed by atoms with Crippen molar-refractivity contribution in [3.05, 3.63) is 29.8 Å².